The third-order valence-corrected chi connectivity index (χ3v) is 3.83. The Bertz CT molecular complexity index is 929. The molecule has 0 fully saturated rings. The van der Waals surface area contributed by atoms with Gasteiger partial charge in [0.25, 0.3) is 5.91 Å². The van der Waals surface area contributed by atoms with Crippen LogP contribution in [0.5, 0.6) is 5.75 Å². The summed E-state index contributed by atoms with van der Waals surface area (Å²) in [6.07, 6.45) is 1.38. The van der Waals surface area contributed by atoms with E-state index in [1.165, 1.54) is 12.3 Å². The molecule has 0 unspecified atom stereocenters. The molecular formula is C20H17F2N3O2. The molecule has 0 radical (unpaired) electrons. The Labute approximate surface area is 155 Å². The average Bonchev–Trinajstić information content (AvgIpc) is 2.69. The highest BCUT2D eigenvalue weighted by Gasteiger charge is 2.08. The maximum absolute atomic E-state index is 13.7. The topological polar surface area (TPSA) is 63.2 Å². The van der Waals surface area contributed by atoms with Gasteiger partial charge in [-0.25, -0.2) is 13.8 Å². The van der Waals surface area contributed by atoms with E-state index in [0.717, 1.165) is 23.4 Å². The molecule has 0 bridgehead atoms. The van der Waals surface area contributed by atoms with Gasteiger partial charge in [-0.05, 0) is 42.0 Å². The van der Waals surface area contributed by atoms with Crippen LogP contribution in [0.2, 0.25) is 0 Å². The minimum atomic E-state index is -0.724. The quantitative estimate of drug-likeness (QED) is 0.688. The Morgan fingerprint density at radius 2 is 1.85 bits per heavy atom. The lowest BCUT2D eigenvalue weighted by Crippen LogP contribution is -2.22. The van der Waals surface area contributed by atoms with E-state index in [0.29, 0.717) is 17.9 Å². The van der Waals surface area contributed by atoms with Crippen LogP contribution in [-0.4, -0.2) is 18.0 Å². The molecule has 0 saturated heterocycles. The number of hydrogen-bond donors (Lipinski definition) is 2. The van der Waals surface area contributed by atoms with E-state index in [1.54, 1.807) is 19.2 Å². The highest BCUT2D eigenvalue weighted by Crippen LogP contribution is 2.19. The molecule has 138 valence electrons. The molecule has 0 aliphatic rings. The van der Waals surface area contributed by atoms with E-state index < -0.39 is 11.6 Å². The van der Waals surface area contributed by atoms with Crippen LogP contribution in [0.1, 0.15) is 15.9 Å². The minimum Gasteiger partial charge on any atom is -0.497 e. The summed E-state index contributed by atoms with van der Waals surface area (Å²) in [6.45, 7) is 0.365. The van der Waals surface area contributed by atoms with Crippen LogP contribution in [0.25, 0.3) is 0 Å². The predicted octanol–water partition coefficient (Wildman–Crippen LogP) is 4.04. The molecule has 1 aromatic heterocycles. The van der Waals surface area contributed by atoms with Crippen molar-refractivity contribution in [2.45, 2.75) is 6.54 Å². The van der Waals surface area contributed by atoms with Crippen molar-refractivity contribution in [3.63, 3.8) is 0 Å². The van der Waals surface area contributed by atoms with E-state index in [9.17, 15) is 13.6 Å². The molecule has 1 amide bonds. The molecule has 0 aliphatic heterocycles. The Morgan fingerprint density at radius 1 is 1.07 bits per heavy atom. The zero-order chi connectivity index (χ0) is 19.2. The first-order valence-corrected chi connectivity index (χ1v) is 8.14. The van der Waals surface area contributed by atoms with Crippen molar-refractivity contribution in [3.05, 3.63) is 83.6 Å². The largest absolute Gasteiger partial charge is 0.497 e. The Kier molecular flexibility index (Phi) is 5.61. The standard InChI is InChI=1S/C20H17F2N3O2/c1-27-16-6-2-13(3-7-16)11-24-20(26)14-4-9-19(23-12-14)25-18-8-5-15(21)10-17(18)22/h2-10,12H,11H2,1H3,(H,23,25)(H,24,26). The molecule has 3 rings (SSSR count). The van der Waals surface area contributed by atoms with Gasteiger partial charge in [-0.1, -0.05) is 12.1 Å². The first-order chi connectivity index (χ1) is 13.0. The van der Waals surface area contributed by atoms with Crippen LogP contribution in [0, 0.1) is 11.6 Å². The van der Waals surface area contributed by atoms with Gasteiger partial charge in [0.1, 0.15) is 23.2 Å². The third-order valence-electron chi connectivity index (χ3n) is 3.83. The highest BCUT2D eigenvalue weighted by molar-refractivity contribution is 5.94. The summed E-state index contributed by atoms with van der Waals surface area (Å²) < 4.78 is 31.7. The highest BCUT2D eigenvalue weighted by atomic mass is 19.1. The number of hydrogen-bond acceptors (Lipinski definition) is 4. The number of amides is 1. The number of nitrogens with zero attached hydrogens (tertiary/aromatic N) is 1. The molecule has 0 atom stereocenters. The molecule has 7 heteroatoms. The molecular weight excluding hydrogens is 352 g/mol. The summed E-state index contributed by atoms with van der Waals surface area (Å²) in [7, 11) is 1.59. The molecule has 3 aromatic rings. The van der Waals surface area contributed by atoms with Crippen molar-refractivity contribution in [1.29, 1.82) is 0 Å². The Morgan fingerprint density at radius 3 is 2.48 bits per heavy atom. The summed E-state index contributed by atoms with van der Waals surface area (Å²) in [6, 6.07) is 13.7. The minimum absolute atomic E-state index is 0.0978. The van der Waals surface area contributed by atoms with E-state index in [4.69, 9.17) is 4.74 Å². The van der Waals surface area contributed by atoms with Gasteiger partial charge < -0.3 is 15.4 Å². The van der Waals surface area contributed by atoms with Crippen molar-refractivity contribution in [1.82, 2.24) is 10.3 Å². The van der Waals surface area contributed by atoms with Crippen LogP contribution in [0.3, 0.4) is 0 Å². The number of rotatable bonds is 6. The van der Waals surface area contributed by atoms with Gasteiger partial charge >= 0.3 is 0 Å². The lowest BCUT2D eigenvalue weighted by molar-refractivity contribution is 0.0950. The van der Waals surface area contributed by atoms with Gasteiger partial charge in [-0.15, -0.1) is 0 Å². The first kappa shape index (κ1) is 18.3. The maximum Gasteiger partial charge on any atom is 0.253 e. The van der Waals surface area contributed by atoms with Crippen molar-refractivity contribution in [2.24, 2.45) is 0 Å². The Hall–Kier alpha value is -3.48. The smallest absolute Gasteiger partial charge is 0.253 e. The third kappa shape index (κ3) is 4.78. The SMILES string of the molecule is COc1ccc(CNC(=O)c2ccc(Nc3ccc(F)cc3F)nc2)cc1. The normalized spacial score (nSPS) is 10.3. The van der Waals surface area contributed by atoms with Gasteiger partial charge in [0.05, 0.1) is 18.4 Å². The zero-order valence-electron chi connectivity index (χ0n) is 14.5. The van der Waals surface area contributed by atoms with Crippen molar-refractivity contribution in [2.75, 3.05) is 12.4 Å². The monoisotopic (exact) mass is 369 g/mol. The van der Waals surface area contributed by atoms with Crippen LogP contribution in [-0.2, 0) is 6.54 Å². The molecule has 2 N–H and O–H groups in total. The summed E-state index contributed by atoms with van der Waals surface area (Å²) >= 11 is 0. The second-order valence-corrected chi connectivity index (χ2v) is 5.71. The number of benzene rings is 2. The fraction of sp³-hybridized carbons (Fsp3) is 0.100. The number of carbonyl (C=O) groups is 1. The number of carbonyl (C=O) groups excluding carboxylic acids is 1. The van der Waals surface area contributed by atoms with Crippen LogP contribution >= 0.6 is 0 Å². The van der Waals surface area contributed by atoms with Gasteiger partial charge in [0, 0.05) is 18.8 Å². The second-order valence-electron chi connectivity index (χ2n) is 5.71. The molecule has 5 nitrogen and oxygen atoms in total. The summed E-state index contributed by atoms with van der Waals surface area (Å²) in [5.74, 6) is -0.576. The Balaban J connectivity index is 1.59. The number of pyridine rings is 1. The van der Waals surface area contributed by atoms with Gasteiger partial charge in [0.15, 0.2) is 0 Å². The van der Waals surface area contributed by atoms with Gasteiger partial charge in [-0.2, -0.15) is 0 Å². The number of ether oxygens (including phenoxy) is 1. The molecule has 27 heavy (non-hydrogen) atoms. The summed E-state index contributed by atoms with van der Waals surface area (Å²) in [4.78, 5) is 16.3. The average molecular weight is 369 g/mol. The first-order valence-electron chi connectivity index (χ1n) is 8.14. The number of aromatic nitrogens is 1. The predicted molar refractivity (Wildman–Crippen MR) is 98.0 cm³/mol. The van der Waals surface area contributed by atoms with E-state index in [-0.39, 0.29) is 11.6 Å². The van der Waals surface area contributed by atoms with E-state index >= 15 is 0 Å². The fourth-order valence-electron chi connectivity index (χ4n) is 2.36. The second kappa shape index (κ2) is 8.27. The maximum atomic E-state index is 13.7. The van der Waals surface area contributed by atoms with Crippen LogP contribution in [0.4, 0.5) is 20.3 Å². The number of methoxy groups -OCH3 is 1. The molecule has 0 aliphatic carbocycles. The summed E-state index contributed by atoms with van der Waals surface area (Å²) in [5.41, 5.74) is 1.40. The van der Waals surface area contributed by atoms with E-state index in [2.05, 4.69) is 15.6 Å². The lowest BCUT2D eigenvalue weighted by Gasteiger charge is -2.09. The molecule has 0 spiro atoms. The molecule has 2 aromatic carbocycles. The van der Waals surface area contributed by atoms with Crippen LogP contribution in [0.15, 0.2) is 60.8 Å². The number of nitrogens with one attached hydrogen (secondary N) is 2. The zero-order valence-corrected chi connectivity index (χ0v) is 14.5. The summed E-state index contributed by atoms with van der Waals surface area (Å²) in [5, 5.41) is 5.53. The molecule has 0 saturated carbocycles. The van der Waals surface area contributed by atoms with E-state index in [1.807, 2.05) is 24.3 Å². The van der Waals surface area contributed by atoms with Crippen molar-refractivity contribution < 1.29 is 18.3 Å². The molecule has 1 heterocycles. The van der Waals surface area contributed by atoms with Crippen LogP contribution < -0.4 is 15.4 Å². The van der Waals surface area contributed by atoms with Crippen molar-refractivity contribution >= 4 is 17.4 Å². The number of anilines is 2. The van der Waals surface area contributed by atoms with Gasteiger partial charge in [-0.3, -0.25) is 4.79 Å². The fourth-order valence-corrected chi connectivity index (χ4v) is 2.36. The lowest BCUT2D eigenvalue weighted by atomic mass is 10.2. The van der Waals surface area contributed by atoms with Gasteiger partial charge in [0.2, 0.25) is 0 Å². The van der Waals surface area contributed by atoms with Crippen molar-refractivity contribution in [3.8, 4) is 5.75 Å². The number of halogens is 2.